The third-order valence-corrected chi connectivity index (χ3v) is 3.73. The van der Waals surface area contributed by atoms with E-state index in [1.807, 2.05) is 24.3 Å². The number of carbonyl (C=O) groups is 2. The second-order valence-electron chi connectivity index (χ2n) is 5.04. The van der Waals surface area contributed by atoms with Crippen molar-refractivity contribution in [1.82, 2.24) is 5.32 Å². The van der Waals surface area contributed by atoms with E-state index in [4.69, 9.17) is 13.9 Å². The van der Waals surface area contributed by atoms with Gasteiger partial charge in [-0.3, -0.25) is 4.79 Å². The van der Waals surface area contributed by atoms with E-state index in [9.17, 15) is 9.59 Å². The van der Waals surface area contributed by atoms with Crippen molar-refractivity contribution < 1.29 is 23.5 Å². The van der Waals surface area contributed by atoms with E-state index in [2.05, 4.69) is 27.9 Å². The first kappa shape index (κ1) is 19.0. The fourth-order valence-electron chi connectivity index (χ4n) is 1.90. The van der Waals surface area contributed by atoms with Gasteiger partial charge in [0.05, 0.1) is 6.61 Å². The predicted molar refractivity (Wildman–Crippen MR) is 100 cm³/mol. The van der Waals surface area contributed by atoms with Crippen molar-refractivity contribution >= 4 is 34.5 Å². The number of allylic oxidation sites excluding steroid dienone is 1. The molecule has 1 aromatic carbocycles. The molecule has 25 heavy (non-hydrogen) atoms. The zero-order chi connectivity index (χ0) is 18.2. The highest BCUT2D eigenvalue weighted by atomic mass is 127. The van der Waals surface area contributed by atoms with Gasteiger partial charge in [0.1, 0.15) is 18.1 Å². The molecule has 132 valence electrons. The van der Waals surface area contributed by atoms with Gasteiger partial charge in [-0.1, -0.05) is 0 Å². The summed E-state index contributed by atoms with van der Waals surface area (Å²) in [5.74, 6) is 0.425. The largest absolute Gasteiger partial charge is 0.486 e. The first-order valence-electron chi connectivity index (χ1n) is 7.61. The van der Waals surface area contributed by atoms with Crippen LogP contribution in [0.4, 0.5) is 0 Å². The highest BCUT2D eigenvalue weighted by Crippen LogP contribution is 2.16. The van der Waals surface area contributed by atoms with Crippen LogP contribution in [0.25, 0.3) is 0 Å². The Hall–Kier alpha value is -2.29. The summed E-state index contributed by atoms with van der Waals surface area (Å²) in [6.07, 6.45) is 1.21. The monoisotopic (exact) mass is 455 g/mol. The predicted octanol–water partition coefficient (Wildman–Crippen LogP) is 3.66. The molecule has 1 amide bonds. The molecule has 0 fully saturated rings. The number of benzene rings is 1. The molecule has 0 aliphatic carbocycles. The maximum absolute atomic E-state index is 12.1. The van der Waals surface area contributed by atoms with Gasteiger partial charge in [0.2, 0.25) is 0 Å². The van der Waals surface area contributed by atoms with Crippen molar-refractivity contribution in [2.24, 2.45) is 0 Å². The normalized spacial score (nSPS) is 11.1. The Balaban J connectivity index is 1.90. The number of ether oxygens (including phenoxy) is 2. The average Bonchev–Trinajstić information content (AvgIpc) is 3.03. The molecular weight excluding hydrogens is 437 g/mol. The molecule has 0 atom stereocenters. The lowest BCUT2D eigenvalue weighted by atomic mass is 10.3. The number of amides is 1. The first-order valence-corrected chi connectivity index (χ1v) is 8.69. The number of halogens is 1. The Morgan fingerprint density at radius 2 is 1.92 bits per heavy atom. The molecule has 0 aliphatic rings. The van der Waals surface area contributed by atoms with Crippen LogP contribution in [0.15, 0.2) is 52.6 Å². The molecule has 1 aromatic heterocycles. The van der Waals surface area contributed by atoms with E-state index in [-0.39, 0.29) is 19.0 Å². The van der Waals surface area contributed by atoms with Crippen LogP contribution in [0.3, 0.4) is 0 Å². The molecule has 0 saturated heterocycles. The number of hydrogen-bond acceptors (Lipinski definition) is 5. The quantitative estimate of drug-likeness (QED) is 0.392. The number of carbonyl (C=O) groups excluding carboxylic acids is 2. The van der Waals surface area contributed by atoms with Gasteiger partial charge < -0.3 is 19.2 Å². The van der Waals surface area contributed by atoms with Crippen LogP contribution in [0.5, 0.6) is 5.75 Å². The van der Waals surface area contributed by atoms with Gasteiger partial charge in [-0.25, -0.2) is 4.79 Å². The third-order valence-electron chi connectivity index (χ3n) is 3.01. The zero-order valence-electron chi connectivity index (χ0n) is 13.9. The highest BCUT2D eigenvalue weighted by Gasteiger charge is 2.12. The van der Waals surface area contributed by atoms with Crippen LogP contribution in [-0.4, -0.2) is 18.5 Å². The van der Waals surface area contributed by atoms with E-state index in [0.29, 0.717) is 11.5 Å². The summed E-state index contributed by atoms with van der Waals surface area (Å²) < 4.78 is 17.0. The summed E-state index contributed by atoms with van der Waals surface area (Å²) in [6.45, 7) is 3.80. The minimum absolute atomic E-state index is 0.137. The minimum Gasteiger partial charge on any atom is -0.486 e. The topological polar surface area (TPSA) is 77.8 Å². The van der Waals surface area contributed by atoms with Crippen molar-refractivity contribution in [3.8, 4) is 5.75 Å². The summed E-state index contributed by atoms with van der Waals surface area (Å²) in [5, 5.41) is 2.56. The van der Waals surface area contributed by atoms with Gasteiger partial charge in [-0.05, 0) is 72.8 Å². The van der Waals surface area contributed by atoms with E-state index < -0.39 is 11.9 Å². The van der Waals surface area contributed by atoms with Crippen LogP contribution in [-0.2, 0) is 16.1 Å². The number of hydrogen-bond donors (Lipinski definition) is 1. The van der Waals surface area contributed by atoms with E-state index in [1.54, 1.807) is 26.0 Å². The fraction of sp³-hybridized carbons (Fsp3) is 0.222. The van der Waals surface area contributed by atoms with Crippen molar-refractivity contribution in [2.75, 3.05) is 6.61 Å². The average molecular weight is 455 g/mol. The van der Waals surface area contributed by atoms with Gasteiger partial charge in [-0.15, -0.1) is 0 Å². The van der Waals surface area contributed by atoms with Gasteiger partial charge >= 0.3 is 5.97 Å². The van der Waals surface area contributed by atoms with Crippen molar-refractivity contribution in [3.05, 3.63) is 63.3 Å². The van der Waals surface area contributed by atoms with E-state index >= 15 is 0 Å². The zero-order valence-corrected chi connectivity index (χ0v) is 16.0. The standard InChI is InChI=1S/C18H18INO5/c1-3-23-17(21)10-12(2)20-18(22)16-9-8-15(25-16)11-24-14-6-4-13(19)5-7-14/h4-10H,3,11H2,1-2H3,(H,20,22)/b12-10+. The molecule has 0 bridgehead atoms. The van der Waals surface area contributed by atoms with Gasteiger partial charge in [0, 0.05) is 15.3 Å². The Labute approximate surface area is 159 Å². The lowest BCUT2D eigenvalue weighted by Gasteiger charge is -2.05. The first-order chi connectivity index (χ1) is 12.0. The smallest absolute Gasteiger partial charge is 0.332 e. The van der Waals surface area contributed by atoms with Crippen LogP contribution in [0, 0.1) is 3.57 Å². The second-order valence-corrected chi connectivity index (χ2v) is 6.29. The Kier molecular flexibility index (Phi) is 7.05. The number of esters is 1. The number of nitrogens with one attached hydrogen (secondary N) is 1. The van der Waals surface area contributed by atoms with Gasteiger partial charge in [-0.2, -0.15) is 0 Å². The van der Waals surface area contributed by atoms with Crippen LogP contribution >= 0.6 is 22.6 Å². The molecule has 0 unspecified atom stereocenters. The molecular formula is C18H18INO5. The third kappa shape index (κ3) is 6.26. The number of rotatable bonds is 7. The maximum atomic E-state index is 12.1. The highest BCUT2D eigenvalue weighted by molar-refractivity contribution is 14.1. The fourth-order valence-corrected chi connectivity index (χ4v) is 2.26. The van der Waals surface area contributed by atoms with Crippen molar-refractivity contribution in [1.29, 1.82) is 0 Å². The molecule has 1 N–H and O–H groups in total. The van der Waals surface area contributed by atoms with Crippen molar-refractivity contribution in [2.45, 2.75) is 20.5 Å². The summed E-state index contributed by atoms with van der Waals surface area (Å²) >= 11 is 2.22. The van der Waals surface area contributed by atoms with Crippen molar-refractivity contribution in [3.63, 3.8) is 0 Å². The van der Waals surface area contributed by atoms with Gasteiger partial charge in [0.15, 0.2) is 5.76 Å². The van der Waals surface area contributed by atoms with Crippen LogP contribution < -0.4 is 10.1 Å². The molecule has 1 heterocycles. The van der Waals surface area contributed by atoms with Crippen LogP contribution in [0.1, 0.15) is 30.2 Å². The number of furan rings is 1. The molecule has 2 rings (SSSR count). The molecule has 0 aliphatic heterocycles. The Bertz CT molecular complexity index is 764. The summed E-state index contributed by atoms with van der Waals surface area (Å²) in [7, 11) is 0. The lowest BCUT2D eigenvalue weighted by molar-refractivity contribution is -0.137. The Morgan fingerprint density at radius 3 is 2.60 bits per heavy atom. The molecule has 0 saturated carbocycles. The summed E-state index contributed by atoms with van der Waals surface area (Å²) in [6, 6.07) is 10.8. The second kappa shape index (κ2) is 9.26. The molecule has 0 radical (unpaired) electrons. The SMILES string of the molecule is CCOC(=O)/C=C(\C)NC(=O)c1ccc(COc2ccc(I)cc2)o1. The maximum Gasteiger partial charge on any atom is 0.332 e. The molecule has 7 heteroatoms. The molecule has 0 spiro atoms. The lowest BCUT2D eigenvalue weighted by Crippen LogP contribution is -2.21. The Morgan fingerprint density at radius 1 is 1.20 bits per heavy atom. The van der Waals surface area contributed by atoms with E-state index in [1.165, 1.54) is 6.08 Å². The van der Waals surface area contributed by atoms with E-state index in [0.717, 1.165) is 9.32 Å². The summed E-state index contributed by atoms with van der Waals surface area (Å²) in [5.41, 5.74) is 0.372. The van der Waals surface area contributed by atoms with Gasteiger partial charge in [0.25, 0.3) is 5.91 Å². The summed E-state index contributed by atoms with van der Waals surface area (Å²) in [4.78, 5) is 23.4. The van der Waals surface area contributed by atoms with Crippen LogP contribution in [0.2, 0.25) is 0 Å². The molecule has 6 nitrogen and oxygen atoms in total. The minimum atomic E-state index is -0.508. The molecule has 2 aromatic rings.